The zero-order valence-corrected chi connectivity index (χ0v) is 21.2. The lowest BCUT2D eigenvalue weighted by molar-refractivity contribution is -0.271. The Hall–Kier alpha value is -4.50. The Bertz CT molecular complexity index is 1510. The van der Waals surface area contributed by atoms with E-state index < -0.39 is 71.3 Å². The molecule has 14 heteroatoms. The molecular weight excluding hydrogens is 548 g/mol. The first-order valence-electron chi connectivity index (χ1n) is 12.4. The summed E-state index contributed by atoms with van der Waals surface area (Å²) >= 11 is 0. The van der Waals surface area contributed by atoms with Crippen LogP contribution in [0, 0.1) is 0 Å². The average molecular weight is 574 g/mol. The number of aromatic hydroxyl groups is 1. The van der Waals surface area contributed by atoms with Crippen molar-refractivity contribution in [3.8, 4) is 28.6 Å². The van der Waals surface area contributed by atoms with Gasteiger partial charge in [-0.05, 0) is 43.2 Å². The van der Waals surface area contributed by atoms with Gasteiger partial charge in [0, 0.05) is 18.4 Å². The van der Waals surface area contributed by atoms with Crippen molar-refractivity contribution in [2.24, 2.45) is 0 Å². The summed E-state index contributed by atoms with van der Waals surface area (Å²) in [6.07, 6.45) is -9.56. The minimum Gasteiger partial charge on any atom is -0.504 e. The standard InChI is InChI=1S/C27H26O14/c28-14-10-9-12(11-16(14)39-27-22(35)20(33)21(34)25(41-27)26(36)37)23-24(40-18(31)8-4-3-7-17(29)30)19(32)13-5-1-2-6-15(13)38-23/h1-2,5-6,9-11,20-22,25,27-28,33-35H,3-4,7-8H2,(H,29,30)(H,36,37). The molecule has 1 saturated heterocycles. The smallest absolute Gasteiger partial charge is 0.335 e. The second-order valence-corrected chi connectivity index (χ2v) is 9.20. The highest BCUT2D eigenvalue weighted by atomic mass is 16.7. The van der Waals surface area contributed by atoms with Crippen LogP contribution in [-0.4, -0.2) is 79.3 Å². The van der Waals surface area contributed by atoms with Crippen LogP contribution in [0.2, 0.25) is 0 Å². The molecule has 2 heterocycles. The minimum absolute atomic E-state index is 0.0509. The summed E-state index contributed by atoms with van der Waals surface area (Å²) in [6, 6.07) is 9.70. The molecule has 0 spiro atoms. The fraction of sp³-hybridized carbons (Fsp3) is 0.333. The third kappa shape index (κ3) is 6.47. The number of para-hydroxylation sites is 1. The van der Waals surface area contributed by atoms with Crippen LogP contribution in [0.15, 0.2) is 51.7 Å². The van der Waals surface area contributed by atoms with E-state index in [-0.39, 0.29) is 48.0 Å². The molecule has 4 rings (SSSR count). The highest BCUT2D eigenvalue weighted by Crippen LogP contribution is 2.38. The first kappa shape index (κ1) is 29.5. The van der Waals surface area contributed by atoms with Gasteiger partial charge < -0.3 is 49.3 Å². The average Bonchev–Trinajstić information content (AvgIpc) is 2.93. The number of ether oxygens (including phenoxy) is 3. The first-order valence-corrected chi connectivity index (χ1v) is 12.4. The maximum atomic E-state index is 13.3. The van der Waals surface area contributed by atoms with E-state index in [2.05, 4.69) is 0 Å². The van der Waals surface area contributed by atoms with Gasteiger partial charge in [-0.1, -0.05) is 12.1 Å². The summed E-state index contributed by atoms with van der Waals surface area (Å²) in [5, 5.41) is 58.7. The van der Waals surface area contributed by atoms with Crippen molar-refractivity contribution in [1.82, 2.24) is 0 Å². The van der Waals surface area contributed by atoms with E-state index in [9.17, 15) is 44.7 Å². The summed E-state index contributed by atoms with van der Waals surface area (Å²) in [5.74, 6) is -5.11. The number of phenols is 1. The molecule has 6 N–H and O–H groups in total. The van der Waals surface area contributed by atoms with Gasteiger partial charge in [0.25, 0.3) is 0 Å². The molecule has 1 aliphatic rings. The van der Waals surface area contributed by atoms with Crippen LogP contribution >= 0.6 is 0 Å². The van der Waals surface area contributed by atoms with Gasteiger partial charge in [0.15, 0.2) is 23.4 Å². The van der Waals surface area contributed by atoms with E-state index in [1.165, 1.54) is 18.2 Å². The van der Waals surface area contributed by atoms with Gasteiger partial charge >= 0.3 is 17.9 Å². The molecule has 14 nitrogen and oxygen atoms in total. The zero-order chi connectivity index (χ0) is 29.8. The molecule has 218 valence electrons. The molecule has 41 heavy (non-hydrogen) atoms. The Balaban J connectivity index is 1.69. The number of aliphatic hydroxyl groups excluding tert-OH is 3. The molecule has 0 saturated carbocycles. The maximum absolute atomic E-state index is 13.3. The van der Waals surface area contributed by atoms with Crippen LogP contribution in [0.25, 0.3) is 22.3 Å². The summed E-state index contributed by atoms with van der Waals surface area (Å²) in [7, 11) is 0. The van der Waals surface area contributed by atoms with Gasteiger partial charge in [0.05, 0.1) is 5.39 Å². The Kier molecular flexibility index (Phi) is 8.88. The Morgan fingerprint density at radius 3 is 2.32 bits per heavy atom. The van der Waals surface area contributed by atoms with Crippen molar-refractivity contribution < 1.29 is 63.7 Å². The van der Waals surface area contributed by atoms with E-state index >= 15 is 0 Å². The molecule has 0 bridgehead atoms. The molecule has 5 atom stereocenters. The number of aliphatic hydroxyl groups is 3. The predicted molar refractivity (Wildman–Crippen MR) is 136 cm³/mol. The number of hydrogen-bond donors (Lipinski definition) is 6. The quantitative estimate of drug-likeness (QED) is 0.146. The van der Waals surface area contributed by atoms with E-state index in [0.717, 1.165) is 12.1 Å². The molecule has 1 fully saturated rings. The molecular formula is C27H26O14. The predicted octanol–water partition coefficient (Wildman–Crippen LogP) is 0.987. The fourth-order valence-corrected chi connectivity index (χ4v) is 4.14. The topological polar surface area (TPSA) is 230 Å². The number of unbranched alkanes of at least 4 members (excludes halogenated alkanes) is 1. The zero-order valence-electron chi connectivity index (χ0n) is 21.2. The molecule has 1 aliphatic heterocycles. The molecule has 2 aromatic carbocycles. The number of esters is 1. The van der Waals surface area contributed by atoms with Gasteiger partial charge in [0.2, 0.25) is 17.5 Å². The normalized spacial score (nSPS) is 22.3. The lowest BCUT2D eigenvalue weighted by atomic mass is 9.99. The number of carboxylic acid groups (broad SMARTS) is 2. The maximum Gasteiger partial charge on any atom is 0.335 e. The van der Waals surface area contributed by atoms with Gasteiger partial charge in [0.1, 0.15) is 23.9 Å². The summed E-state index contributed by atoms with van der Waals surface area (Å²) in [4.78, 5) is 48.0. The molecule has 1 aromatic heterocycles. The summed E-state index contributed by atoms with van der Waals surface area (Å²) in [6.45, 7) is 0. The van der Waals surface area contributed by atoms with E-state index in [1.807, 2.05) is 0 Å². The number of aliphatic carboxylic acids is 2. The van der Waals surface area contributed by atoms with Crippen molar-refractivity contribution in [3.63, 3.8) is 0 Å². The number of hydrogen-bond acceptors (Lipinski definition) is 12. The van der Waals surface area contributed by atoms with Crippen molar-refractivity contribution in [3.05, 3.63) is 52.7 Å². The summed E-state index contributed by atoms with van der Waals surface area (Å²) < 4.78 is 21.8. The second-order valence-electron chi connectivity index (χ2n) is 9.20. The van der Waals surface area contributed by atoms with Crippen LogP contribution in [0.4, 0.5) is 0 Å². The largest absolute Gasteiger partial charge is 0.504 e. The van der Waals surface area contributed by atoms with Crippen molar-refractivity contribution in [2.45, 2.75) is 56.4 Å². The molecule has 0 aliphatic carbocycles. The van der Waals surface area contributed by atoms with Crippen LogP contribution in [0.5, 0.6) is 17.2 Å². The minimum atomic E-state index is -1.96. The number of phenolic OH excluding ortho intramolecular Hbond substituents is 1. The Morgan fingerprint density at radius 2 is 1.61 bits per heavy atom. The van der Waals surface area contributed by atoms with Crippen LogP contribution in [0.1, 0.15) is 25.7 Å². The number of carboxylic acids is 2. The third-order valence-corrected chi connectivity index (χ3v) is 6.27. The Labute approximate surface area is 230 Å². The van der Waals surface area contributed by atoms with Crippen LogP contribution < -0.4 is 14.9 Å². The SMILES string of the molecule is O=C(O)CCCCC(=O)Oc1c(-c2ccc(O)c(OC3OC(C(=O)O)C(O)C(O)C3O)c2)oc2ccccc2c1=O. The molecule has 3 aromatic rings. The van der Waals surface area contributed by atoms with Gasteiger partial charge in [-0.15, -0.1) is 0 Å². The van der Waals surface area contributed by atoms with Crippen LogP contribution in [0.3, 0.4) is 0 Å². The number of carbonyl (C=O) groups is 3. The van der Waals surface area contributed by atoms with Crippen molar-refractivity contribution >= 4 is 28.9 Å². The number of benzene rings is 2. The highest BCUT2D eigenvalue weighted by molar-refractivity contribution is 5.84. The van der Waals surface area contributed by atoms with Crippen LogP contribution in [-0.2, 0) is 19.1 Å². The van der Waals surface area contributed by atoms with Crippen molar-refractivity contribution in [1.29, 1.82) is 0 Å². The lowest BCUT2D eigenvalue weighted by Crippen LogP contribution is -2.61. The van der Waals surface area contributed by atoms with Crippen molar-refractivity contribution in [2.75, 3.05) is 0 Å². The van der Waals surface area contributed by atoms with Gasteiger partial charge in [-0.3, -0.25) is 14.4 Å². The first-order chi connectivity index (χ1) is 19.5. The Morgan fingerprint density at radius 1 is 0.902 bits per heavy atom. The molecule has 0 amide bonds. The number of rotatable bonds is 10. The number of carbonyl (C=O) groups excluding carboxylic acids is 1. The number of fused-ring (bicyclic) bond motifs is 1. The monoisotopic (exact) mass is 574 g/mol. The fourth-order valence-electron chi connectivity index (χ4n) is 4.14. The summed E-state index contributed by atoms with van der Waals surface area (Å²) in [5.41, 5.74) is -0.504. The highest BCUT2D eigenvalue weighted by Gasteiger charge is 2.48. The molecule has 0 radical (unpaired) electrons. The third-order valence-electron chi connectivity index (χ3n) is 6.27. The second kappa shape index (κ2) is 12.3. The van der Waals surface area contributed by atoms with Gasteiger partial charge in [-0.25, -0.2) is 4.79 Å². The molecule has 5 unspecified atom stereocenters. The lowest BCUT2D eigenvalue weighted by Gasteiger charge is -2.38. The van der Waals surface area contributed by atoms with E-state index in [0.29, 0.717) is 0 Å². The van der Waals surface area contributed by atoms with E-state index in [4.69, 9.17) is 23.7 Å². The van der Waals surface area contributed by atoms with Gasteiger partial charge in [-0.2, -0.15) is 0 Å². The van der Waals surface area contributed by atoms with E-state index in [1.54, 1.807) is 12.1 Å².